The predicted molar refractivity (Wildman–Crippen MR) is 79.1 cm³/mol. The Kier molecular flexibility index (Phi) is 6.13. The van der Waals surface area contributed by atoms with E-state index in [2.05, 4.69) is 20.0 Å². The summed E-state index contributed by atoms with van der Waals surface area (Å²) in [5.74, 6) is -1.24. The third-order valence-corrected chi connectivity index (χ3v) is 3.41. The van der Waals surface area contributed by atoms with E-state index in [-0.39, 0.29) is 11.3 Å². The van der Waals surface area contributed by atoms with Crippen LogP contribution in [0.4, 0.5) is 17.6 Å². The fourth-order valence-corrected chi connectivity index (χ4v) is 2.23. The molecule has 0 unspecified atom stereocenters. The Morgan fingerprint density at radius 3 is 2.54 bits per heavy atom. The summed E-state index contributed by atoms with van der Waals surface area (Å²) in [6, 6.07) is 6.46. The number of alkyl halides is 4. The Bertz CT molecular complexity index is 708. The third kappa shape index (κ3) is 5.23. The average Bonchev–Trinajstić information content (AvgIpc) is 3.02. The number of nitrogens with zero attached hydrogens (tertiary/aromatic N) is 1. The van der Waals surface area contributed by atoms with Crippen LogP contribution >= 0.6 is 11.3 Å². The van der Waals surface area contributed by atoms with Gasteiger partial charge in [-0.3, -0.25) is 4.79 Å². The highest BCUT2D eigenvalue weighted by molar-refractivity contribution is 7.12. The first-order valence-electron chi connectivity index (χ1n) is 6.36. The fraction of sp³-hybridized carbons (Fsp3) is 0.143. The van der Waals surface area contributed by atoms with Gasteiger partial charge in [-0.2, -0.15) is 22.7 Å². The molecule has 10 heteroatoms. The highest BCUT2D eigenvalue weighted by Gasteiger charge is 2.13. The lowest BCUT2D eigenvalue weighted by Gasteiger charge is -2.10. The van der Waals surface area contributed by atoms with E-state index in [0.29, 0.717) is 4.88 Å². The number of nitrogens with one attached hydrogen (secondary N) is 1. The van der Waals surface area contributed by atoms with Crippen LogP contribution in [0.2, 0.25) is 0 Å². The molecule has 0 radical (unpaired) electrons. The van der Waals surface area contributed by atoms with Gasteiger partial charge in [0, 0.05) is 11.6 Å². The first-order chi connectivity index (χ1) is 11.5. The molecule has 1 N–H and O–H groups in total. The molecule has 2 aromatic rings. The van der Waals surface area contributed by atoms with E-state index in [1.807, 2.05) is 0 Å². The van der Waals surface area contributed by atoms with E-state index >= 15 is 0 Å². The van der Waals surface area contributed by atoms with Crippen LogP contribution in [0.3, 0.4) is 0 Å². The summed E-state index contributed by atoms with van der Waals surface area (Å²) in [5, 5.41) is 5.33. The molecule has 1 aromatic carbocycles. The zero-order valence-electron chi connectivity index (χ0n) is 11.8. The van der Waals surface area contributed by atoms with Gasteiger partial charge in [0.1, 0.15) is 11.5 Å². The number of hydrogen-bond donors (Lipinski definition) is 1. The van der Waals surface area contributed by atoms with Crippen molar-refractivity contribution < 1.29 is 31.8 Å². The lowest BCUT2D eigenvalue weighted by Crippen LogP contribution is -2.16. The van der Waals surface area contributed by atoms with Crippen LogP contribution < -0.4 is 14.9 Å². The maximum Gasteiger partial charge on any atom is 0.387 e. The number of carbonyl (C=O) groups excluding carboxylic acids is 1. The normalized spacial score (nSPS) is 11.2. The van der Waals surface area contributed by atoms with E-state index in [0.717, 1.165) is 18.3 Å². The van der Waals surface area contributed by atoms with Crippen LogP contribution in [0.1, 0.15) is 15.2 Å². The zero-order valence-corrected chi connectivity index (χ0v) is 12.6. The maximum absolute atomic E-state index is 12.4. The summed E-state index contributed by atoms with van der Waals surface area (Å²) in [4.78, 5) is 12.1. The molecule has 24 heavy (non-hydrogen) atoms. The van der Waals surface area contributed by atoms with Crippen LogP contribution in [0.15, 0.2) is 40.8 Å². The van der Waals surface area contributed by atoms with Gasteiger partial charge in [0.15, 0.2) is 0 Å². The van der Waals surface area contributed by atoms with Crippen molar-refractivity contribution >= 4 is 23.5 Å². The average molecular weight is 362 g/mol. The van der Waals surface area contributed by atoms with E-state index in [1.54, 1.807) is 17.5 Å². The van der Waals surface area contributed by atoms with Crippen molar-refractivity contribution in [1.82, 2.24) is 5.43 Å². The molecule has 0 atom stereocenters. The van der Waals surface area contributed by atoms with E-state index in [1.165, 1.54) is 17.4 Å². The highest BCUT2D eigenvalue weighted by Crippen LogP contribution is 2.26. The molecule has 0 bridgehead atoms. The minimum absolute atomic E-state index is 0.0448. The first-order valence-corrected chi connectivity index (χ1v) is 7.24. The van der Waals surface area contributed by atoms with Crippen molar-refractivity contribution in [2.45, 2.75) is 13.2 Å². The second-order valence-corrected chi connectivity index (χ2v) is 5.08. The number of halogens is 4. The molecule has 0 aliphatic heterocycles. The number of hydrazone groups is 1. The van der Waals surface area contributed by atoms with Crippen LogP contribution in [0.25, 0.3) is 0 Å². The van der Waals surface area contributed by atoms with E-state index < -0.39 is 24.9 Å². The molecule has 0 saturated carbocycles. The van der Waals surface area contributed by atoms with E-state index in [4.69, 9.17) is 0 Å². The molecule has 0 aliphatic rings. The molecule has 0 saturated heterocycles. The van der Waals surface area contributed by atoms with Crippen LogP contribution in [-0.2, 0) is 0 Å². The van der Waals surface area contributed by atoms with Crippen LogP contribution in [0.5, 0.6) is 11.5 Å². The lowest BCUT2D eigenvalue weighted by molar-refractivity contribution is -0.0543. The largest absolute Gasteiger partial charge is 0.435 e. The van der Waals surface area contributed by atoms with Gasteiger partial charge >= 0.3 is 13.2 Å². The molecule has 0 aliphatic carbocycles. The van der Waals surface area contributed by atoms with Crippen LogP contribution in [-0.4, -0.2) is 25.3 Å². The number of amides is 1. The molecular weight excluding hydrogens is 352 g/mol. The molecule has 1 heterocycles. The molecule has 2 rings (SSSR count). The number of hydrogen-bond acceptors (Lipinski definition) is 5. The number of carbonyl (C=O) groups is 1. The maximum atomic E-state index is 12.4. The monoisotopic (exact) mass is 362 g/mol. The van der Waals surface area contributed by atoms with Crippen molar-refractivity contribution in [3.05, 3.63) is 46.2 Å². The first kappa shape index (κ1) is 17.7. The Morgan fingerprint density at radius 1 is 1.17 bits per heavy atom. The number of thiophene rings is 1. The molecule has 1 amide bonds. The van der Waals surface area contributed by atoms with Gasteiger partial charge in [-0.15, -0.1) is 11.3 Å². The van der Waals surface area contributed by atoms with Gasteiger partial charge in [0.25, 0.3) is 5.91 Å². The number of benzene rings is 1. The Balaban J connectivity index is 2.12. The van der Waals surface area contributed by atoms with Crippen molar-refractivity contribution in [3.63, 3.8) is 0 Å². The molecule has 0 fully saturated rings. The summed E-state index contributed by atoms with van der Waals surface area (Å²) < 4.78 is 57.5. The zero-order chi connectivity index (χ0) is 17.5. The highest BCUT2D eigenvalue weighted by atomic mass is 32.1. The molecular formula is C14H10F4N2O3S. The molecule has 5 nitrogen and oxygen atoms in total. The Morgan fingerprint density at radius 2 is 1.92 bits per heavy atom. The second-order valence-electron chi connectivity index (χ2n) is 4.13. The van der Waals surface area contributed by atoms with Crippen molar-refractivity contribution in [2.24, 2.45) is 5.10 Å². The molecule has 0 spiro atoms. The summed E-state index contributed by atoms with van der Waals surface area (Å²) in [7, 11) is 0. The summed E-state index contributed by atoms with van der Waals surface area (Å²) >= 11 is 1.20. The molecule has 128 valence electrons. The van der Waals surface area contributed by atoms with Gasteiger partial charge < -0.3 is 9.47 Å². The third-order valence-electron chi connectivity index (χ3n) is 2.54. The van der Waals surface area contributed by atoms with Gasteiger partial charge in [-0.25, -0.2) is 5.43 Å². The topological polar surface area (TPSA) is 59.9 Å². The number of ether oxygens (including phenoxy) is 2. The van der Waals surface area contributed by atoms with Crippen molar-refractivity contribution in [3.8, 4) is 11.5 Å². The van der Waals surface area contributed by atoms with Crippen molar-refractivity contribution in [1.29, 1.82) is 0 Å². The minimum atomic E-state index is -3.17. The summed E-state index contributed by atoms with van der Waals surface area (Å²) in [6.45, 7) is -6.27. The molecule has 1 aromatic heterocycles. The van der Waals surface area contributed by atoms with E-state index in [9.17, 15) is 22.4 Å². The Labute approximate surface area is 137 Å². The van der Waals surface area contributed by atoms with Crippen molar-refractivity contribution in [2.75, 3.05) is 0 Å². The standard InChI is InChI=1S/C14H10F4N2O3S/c15-13(16)22-9-4-3-8(10(6-9)23-14(17)18)7-19-20-12(21)11-2-1-5-24-11/h1-7,13-14H,(H,20,21). The number of rotatable bonds is 7. The van der Waals surface area contributed by atoms with Gasteiger partial charge in [-0.05, 0) is 23.6 Å². The smallest absolute Gasteiger partial charge is 0.387 e. The fourth-order valence-electron chi connectivity index (χ4n) is 1.62. The summed E-state index contributed by atoms with van der Waals surface area (Å²) in [6.07, 6.45) is 1.05. The van der Waals surface area contributed by atoms with Gasteiger partial charge in [0.2, 0.25) is 0 Å². The van der Waals surface area contributed by atoms with Gasteiger partial charge in [0.05, 0.1) is 11.1 Å². The predicted octanol–water partition coefficient (Wildman–Crippen LogP) is 3.71. The SMILES string of the molecule is O=C(NN=Cc1ccc(OC(F)F)cc1OC(F)F)c1cccs1. The van der Waals surface area contributed by atoms with Gasteiger partial charge in [-0.1, -0.05) is 6.07 Å². The second kappa shape index (κ2) is 8.29. The van der Waals surface area contributed by atoms with Crippen LogP contribution in [0, 0.1) is 0 Å². The Hall–Kier alpha value is -2.62. The minimum Gasteiger partial charge on any atom is -0.435 e. The summed E-state index contributed by atoms with van der Waals surface area (Å²) in [5.41, 5.74) is 2.25. The quantitative estimate of drug-likeness (QED) is 0.464. The lowest BCUT2D eigenvalue weighted by atomic mass is 10.2.